The summed E-state index contributed by atoms with van der Waals surface area (Å²) < 4.78 is 69.7. The predicted octanol–water partition coefficient (Wildman–Crippen LogP) is 4.15. The summed E-state index contributed by atoms with van der Waals surface area (Å²) in [6, 6.07) is 1.48. The Hall–Kier alpha value is -2.65. The Kier molecular flexibility index (Phi) is 6.07. The molecule has 0 saturated carbocycles. The summed E-state index contributed by atoms with van der Waals surface area (Å²) in [5.74, 6) is -5.83. The van der Waals surface area contributed by atoms with Crippen LogP contribution in [0.25, 0.3) is 11.4 Å². The molecule has 0 N–H and O–H groups in total. The summed E-state index contributed by atoms with van der Waals surface area (Å²) in [7, 11) is 0. The van der Waals surface area contributed by atoms with Crippen molar-refractivity contribution in [2.24, 2.45) is 5.92 Å². The van der Waals surface area contributed by atoms with E-state index in [9.17, 15) is 31.5 Å². The van der Waals surface area contributed by atoms with Crippen molar-refractivity contribution in [3.63, 3.8) is 0 Å². The molecule has 0 aliphatic rings. The van der Waals surface area contributed by atoms with Gasteiger partial charge in [0, 0.05) is 24.0 Å². The fourth-order valence-electron chi connectivity index (χ4n) is 2.29. The Labute approximate surface area is 150 Å². The Balaban J connectivity index is 2.16. The second-order valence-electron chi connectivity index (χ2n) is 6.28. The highest BCUT2D eigenvalue weighted by Gasteiger charge is 2.38. The molecule has 27 heavy (non-hydrogen) atoms. The zero-order valence-corrected chi connectivity index (χ0v) is 14.4. The molecule has 0 fully saturated rings. The van der Waals surface area contributed by atoms with Crippen molar-refractivity contribution in [2.45, 2.75) is 39.3 Å². The summed E-state index contributed by atoms with van der Waals surface area (Å²) in [5.41, 5.74) is -0.806. The summed E-state index contributed by atoms with van der Waals surface area (Å²) in [6.45, 7) is 3.51. The van der Waals surface area contributed by atoms with Gasteiger partial charge in [-0.15, -0.1) is 0 Å². The Morgan fingerprint density at radius 3 is 2.19 bits per heavy atom. The van der Waals surface area contributed by atoms with E-state index in [-0.39, 0.29) is 30.7 Å². The number of hydrogen-bond donors (Lipinski definition) is 0. The molecule has 2 rings (SSSR count). The maximum absolute atomic E-state index is 14.2. The molecule has 0 atom stereocenters. The van der Waals surface area contributed by atoms with Gasteiger partial charge in [-0.3, -0.25) is 9.59 Å². The lowest BCUT2D eigenvalue weighted by atomic mass is 9.99. The molecule has 0 unspecified atom stereocenters. The number of alkyl halides is 3. The molecular weight excluding hydrogens is 375 g/mol. The van der Waals surface area contributed by atoms with Crippen LogP contribution in [-0.2, 0) is 22.2 Å². The molecule has 5 nitrogen and oxygen atoms in total. The number of halogens is 5. The third-order valence-corrected chi connectivity index (χ3v) is 3.57. The van der Waals surface area contributed by atoms with Crippen molar-refractivity contribution < 1.29 is 36.1 Å². The number of hydrogen-bond acceptors (Lipinski definition) is 5. The quantitative estimate of drug-likeness (QED) is 0.525. The van der Waals surface area contributed by atoms with Crippen molar-refractivity contribution in [1.29, 1.82) is 0 Å². The molecule has 0 bridgehead atoms. The van der Waals surface area contributed by atoms with Crippen LogP contribution in [0.3, 0.4) is 0 Å². The number of aromatic nitrogens is 2. The van der Waals surface area contributed by atoms with Crippen LogP contribution in [0.15, 0.2) is 16.7 Å². The second kappa shape index (κ2) is 7.93. The molecule has 0 spiro atoms. The molecule has 0 aliphatic carbocycles. The van der Waals surface area contributed by atoms with Crippen LogP contribution in [0.1, 0.15) is 38.1 Å². The van der Waals surface area contributed by atoms with Crippen molar-refractivity contribution >= 4 is 11.6 Å². The normalized spacial score (nSPS) is 11.9. The second-order valence-corrected chi connectivity index (χ2v) is 6.28. The number of carbonyl (C=O) groups excluding carboxylic acids is 2. The van der Waals surface area contributed by atoms with Gasteiger partial charge in [0.2, 0.25) is 5.82 Å². The number of benzene rings is 1. The average molecular weight is 390 g/mol. The van der Waals surface area contributed by atoms with Gasteiger partial charge in [-0.25, -0.2) is 8.78 Å². The predicted molar refractivity (Wildman–Crippen MR) is 82.4 cm³/mol. The van der Waals surface area contributed by atoms with Gasteiger partial charge in [0.15, 0.2) is 11.6 Å². The minimum absolute atomic E-state index is 0.0224. The van der Waals surface area contributed by atoms with E-state index in [1.807, 2.05) is 0 Å². The average Bonchev–Trinajstić information content (AvgIpc) is 3.03. The highest BCUT2D eigenvalue weighted by Crippen LogP contribution is 2.30. The largest absolute Gasteiger partial charge is 0.471 e. The fraction of sp³-hybridized carbons (Fsp3) is 0.412. The smallest absolute Gasteiger partial charge is 0.329 e. The van der Waals surface area contributed by atoms with Crippen molar-refractivity contribution in [3.05, 3.63) is 35.2 Å². The molecular formula is C17H15F5N2O3. The summed E-state index contributed by atoms with van der Waals surface area (Å²) in [5, 5.41) is 3.05. The number of nitrogens with zero attached hydrogens (tertiary/aromatic N) is 2. The van der Waals surface area contributed by atoms with Crippen LogP contribution in [0.2, 0.25) is 0 Å². The van der Waals surface area contributed by atoms with Crippen LogP contribution < -0.4 is 0 Å². The van der Waals surface area contributed by atoms with E-state index in [1.54, 1.807) is 13.8 Å². The molecule has 0 aliphatic heterocycles. The SMILES string of the molecule is CC(C)CC(=O)C(=O)CCc1c(F)cc(-c2noc(C(F)(F)F)n2)cc1F. The summed E-state index contributed by atoms with van der Waals surface area (Å²) in [6.07, 6.45) is -5.58. The van der Waals surface area contributed by atoms with Gasteiger partial charge in [0.25, 0.3) is 0 Å². The van der Waals surface area contributed by atoms with Gasteiger partial charge in [-0.05, 0) is 24.5 Å². The molecule has 10 heteroatoms. The van der Waals surface area contributed by atoms with Crippen LogP contribution >= 0.6 is 0 Å². The number of ketones is 2. The highest BCUT2D eigenvalue weighted by atomic mass is 19.4. The maximum atomic E-state index is 14.2. The van der Waals surface area contributed by atoms with Gasteiger partial charge in [0.1, 0.15) is 11.6 Å². The maximum Gasteiger partial charge on any atom is 0.471 e. The van der Waals surface area contributed by atoms with Gasteiger partial charge in [0.05, 0.1) is 0 Å². The first-order valence-corrected chi connectivity index (χ1v) is 7.94. The third-order valence-electron chi connectivity index (χ3n) is 3.57. The lowest BCUT2D eigenvalue weighted by Crippen LogP contribution is -2.17. The van der Waals surface area contributed by atoms with Crippen molar-refractivity contribution in [3.8, 4) is 11.4 Å². The highest BCUT2D eigenvalue weighted by molar-refractivity contribution is 6.37. The van der Waals surface area contributed by atoms with Crippen LogP contribution in [0.4, 0.5) is 22.0 Å². The van der Waals surface area contributed by atoms with Gasteiger partial charge >= 0.3 is 12.1 Å². The molecule has 0 amide bonds. The number of carbonyl (C=O) groups is 2. The first-order valence-electron chi connectivity index (χ1n) is 7.94. The van der Waals surface area contributed by atoms with Crippen LogP contribution in [0.5, 0.6) is 0 Å². The van der Waals surface area contributed by atoms with Gasteiger partial charge in [-0.1, -0.05) is 19.0 Å². The van der Waals surface area contributed by atoms with Crippen LogP contribution in [-0.4, -0.2) is 21.7 Å². The molecule has 146 valence electrons. The summed E-state index contributed by atoms with van der Waals surface area (Å²) in [4.78, 5) is 26.4. The van der Waals surface area contributed by atoms with E-state index in [2.05, 4.69) is 14.7 Å². The van der Waals surface area contributed by atoms with Gasteiger partial charge < -0.3 is 4.52 Å². The lowest BCUT2D eigenvalue weighted by molar-refractivity contribution is -0.159. The fourth-order valence-corrected chi connectivity index (χ4v) is 2.29. The van der Waals surface area contributed by atoms with Crippen LogP contribution in [0, 0.1) is 17.6 Å². The molecule has 0 radical (unpaired) electrons. The molecule has 1 heterocycles. The molecule has 1 aromatic carbocycles. The Bertz CT molecular complexity index is 835. The Morgan fingerprint density at radius 1 is 1.11 bits per heavy atom. The molecule has 2 aromatic rings. The van der Waals surface area contributed by atoms with E-state index in [0.29, 0.717) is 0 Å². The van der Waals surface area contributed by atoms with E-state index < -0.39 is 46.7 Å². The standard InChI is InChI=1S/C17H15F5N2O3/c1-8(2)5-14(26)13(25)4-3-10-11(18)6-9(7-12(10)19)15-23-16(27-24-15)17(20,21)22/h6-8H,3-5H2,1-2H3. The zero-order chi connectivity index (χ0) is 20.4. The van der Waals surface area contributed by atoms with E-state index in [1.165, 1.54) is 0 Å². The Morgan fingerprint density at radius 2 is 1.70 bits per heavy atom. The summed E-state index contributed by atoms with van der Waals surface area (Å²) >= 11 is 0. The zero-order valence-electron chi connectivity index (χ0n) is 14.4. The number of rotatable bonds is 7. The molecule has 0 saturated heterocycles. The molecule has 1 aromatic heterocycles. The van der Waals surface area contributed by atoms with E-state index in [4.69, 9.17) is 0 Å². The third kappa shape index (κ3) is 5.18. The minimum Gasteiger partial charge on any atom is -0.329 e. The lowest BCUT2D eigenvalue weighted by Gasteiger charge is -2.07. The minimum atomic E-state index is -4.88. The number of Topliss-reactive ketones (excluding diaryl/α,β-unsaturated/α-hetero) is 2. The monoisotopic (exact) mass is 390 g/mol. The first kappa shape index (κ1) is 20.7. The first-order chi connectivity index (χ1) is 12.5. The van der Waals surface area contributed by atoms with E-state index in [0.717, 1.165) is 12.1 Å². The topological polar surface area (TPSA) is 73.1 Å². The van der Waals surface area contributed by atoms with Crippen molar-refractivity contribution in [2.75, 3.05) is 0 Å². The van der Waals surface area contributed by atoms with Gasteiger partial charge in [-0.2, -0.15) is 18.2 Å². The van der Waals surface area contributed by atoms with Crippen molar-refractivity contribution in [1.82, 2.24) is 10.1 Å². The van der Waals surface area contributed by atoms with E-state index >= 15 is 0 Å².